The van der Waals surface area contributed by atoms with Crippen molar-refractivity contribution in [1.82, 2.24) is 9.88 Å². The van der Waals surface area contributed by atoms with Crippen molar-refractivity contribution in [2.45, 2.75) is 33.0 Å². The number of aryl methyl sites for hydroxylation is 1. The fourth-order valence-electron chi connectivity index (χ4n) is 3.32. The molecule has 0 fully saturated rings. The third-order valence-electron chi connectivity index (χ3n) is 5.01. The monoisotopic (exact) mass is 470 g/mol. The van der Waals surface area contributed by atoms with Crippen LogP contribution in [0.2, 0.25) is 0 Å². The molecule has 0 unspecified atom stereocenters. The first-order valence-corrected chi connectivity index (χ1v) is 10.6. The average Bonchev–Trinajstić information content (AvgIpc) is 2.83. The summed E-state index contributed by atoms with van der Waals surface area (Å²) in [4.78, 5) is 38.6. The highest BCUT2D eigenvalue weighted by atomic mass is 19.1. The molecule has 0 spiro atoms. The van der Waals surface area contributed by atoms with Gasteiger partial charge in [-0.25, -0.2) is 13.6 Å². The van der Waals surface area contributed by atoms with Crippen LogP contribution in [0.3, 0.4) is 0 Å². The summed E-state index contributed by atoms with van der Waals surface area (Å²) in [6.07, 6.45) is 1.84. The van der Waals surface area contributed by atoms with Crippen LogP contribution >= 0.6 is 0 Å². The normalized spacial score (nSPS) is 10.6. The first-order chi connectivity index (χ1) is 16.3. The summed E-state index contributed by atoms with van der Waals surface area (Å²) < 4.78 is 39.1. The zero-order chi connectivity index (χ0) is 24.7. The van der Waals surface area contributed by atoms with Crippen molar-refractivity contribution < 1.29 is 27.8 Å². The van der Waals surface area contributed by atoms with Crippen molar-refractivity contribution in [3.8, 4) is 5.75 Å². The van der Waals surface area contributed by atoms with Gasteiger partial charge in [-0.15, -0.1) is 0 Å². The Bertz CT molecular complexity index is 1240. The molecular formula is C25H24F2N2O5. The number of aromatic nitrogens is 1. The first-order valence-electron chi connectivity index (χ1n) is 10.6. The zero-order valence-electron chi connectivity index (χ0n) is 18.8. The molecule has 1 N–H and O–H groups in total. The molecule has 0 atom stereocenters. The zero-order valence-corrected chi connectivity index (χ0v) is 18.8. The van der Waals surface area contributed by atoms with Crippen LogP contribution in [-0.4, -0.2) is 23.6 Å². The minimum Gasteiger partial charge on any atom is -0.482 e. The number of hydrogen-bond donors (Lipinski definition) is 1. The number of amides is 1. The molecule has 1 heterocycles. The second-order valence-electron chi connectivity index (χ2n) is 7.43. The lowest BCUT2D eigenvalue weighted by atomic mass is 10.1. The van der Waals surface area contributed by atoms with Crippen molar-refractivity contribution in [3.05, 3.63) is 99.0 Å². The van der Waals surface area contributed by atoms with Gasteiger partial charge >= 0.3 is 5.97 Å². The van der Waals surface area contributed by atoms with E-state index in [1.54, 1.807) is 24.3 Å². The van der Waals surface area contributed by atoms with Gasteiger partial charge in [-0.2, -0.15) is 0 Å². The number of ether oxygens (including phenoxy) is 2. The summed E-state index contributed by atoms with van der Waals surface area (Å²) in [6, 6.07) is 12.0. The smallest absolute Gasteiger partial charge is 0.358 e. The van der Waals surface area contributed by atoms with Gasteiger partial charge in [-0.3, -0.25) is 9.59 Å². The lowest BCUT2D eigenvalue weighted by Crippen LogP contribution is -2.32. The SMILES string of the molecule is CCCn1cc(C(=O)NCc2ccc(F)cc2F)c(=O)c(OCc2ccccc2)c1C(=O)OC. The molecule has 7 nitrogen and oxygen atoms in total. The molecule has 0 aliphatic heterocycles. The predicted molar refractivity (Wildman–Crippen MR) is 121 cm³/mol. The van der Waals surface area contributed by atoms with Crippen LogP contribution in [0.25, 0.3) is 0 Å². The summed E-state index contributed by atoms with van der Waals surface area (Å²) in [6.45, 7) is 1.88. The molecular weight excluding hydrogens is 446 g/mol. The van der Waals surface area contributed by atoms with Crippen LogP contribution in [0.4, 0.5) is 8.78 Å². The van der Waals surface area contributed by atoms with E-state index in [4.69, 9.17) is 9.47 Å². The molecule has 178 valence electrons. The summed E-state index contributed by atoms with van der Waals surface area (Å²) in [5.41, 5.74) is -0.393. The molecule has 0 aliphatic rings. The van der Waals surface area contributed by atoms with E-state index in [1.165, 1.54) is 23.9 Å². The lowest BCUT2D eigenvalue weighted by Gasteiger charge is -2.18. The summed E-state index contributed by atoms with van der Waals surface area (Å²) in [5, 5.41) is 2.46. The third-order valence-corrected chi connectivity index (χ3v) is 5.01. The van der Waals surface area contributed by atoms with Gasteiger partial charge in [-0.1, -0.05) is 43.3 Å². The third kappa shape index (κ3) is 5.67. The standard InChI is InChI=1S/C25H24F2N2O5/c1-3-11-29-14-19(24(31)28-13-17-9-10-18(26)12-20(17)27)22(30)23(21(29)25(32)33-2)34-15-16-7-5-4-6-8-16/h4-10,12,14H,3,11,13,15H2,1-2H3,(H,28,31). The van der Waals surface area contributed by atoms with Crippen LogP contribution in [-0.2, 0) is 24.4 Å². The first kappa shape index (κ1) is 24.6. The van der Waals surface area contributed by atoms with Gasteiger partial charge in [-0.05, 0) is 18.1 Å². The van der Waals surface area contributed by atoms with Crippen LogP contribution in [0.5, 0.6) is 5.75 Å². The van der Waals surface area contributed by atoms with Crippen molar-refractivity contribution in [2.75, 3.05) is 7.11 Å². The maximum atomic E-state index is 13.9. The number of hydrogen-bond acceptors (Lipinski definition) is 5. The summed E-state index contributed by atoms with van der Waals surface area (Å²) in [5.74, 6) is -3.46. The topological polar surface area (TPSA) is 86.6 Å². The van der Waals surface area contributed by atoms with E-state index in [9.17, 15) is 23.2 Å². The Hall–Kier alpha value is -4.01. The highest BCUT2D eigenvalue weighted by Gasteiger charge is 2.26. The minimum atomic E-state index is -0.823. The van der Waals surface area contributed by atoms with Crippen LogP contribution < -0.4 is 15.5 Å². The van der Waals surface area contributed by atoms with Crippen LogP contribution in [0.15, 0.2) is 59.5 Å². The van der Waals surface area contributed by atoms with Gasteiger partial charge in [0.25, 0.3) is 5.91 Å². The molecule has 3 aromatic rings. The molecule has 9 heteroatoms. The van der Waals surface area contributed by atoms with Gasteiger partial charge < -0.3 is 19.4 Å². The molecule has 3 rings (SSSR count). The largest absolute Gasteiger partial charge is 0.482 e. The van der Waals surface area contributed by atoms with E-state index < -0.39 is 28.9 Å². The molecule has 0 aliphatic carbocycles. The van der Waals surface area contributed by atoms with E-state index in [2.05, 4.69) is 5.32 Å². The fourth-order valence-corrected chi connectivity index (χ4v) is 3.32. The molecule has 0 saturated carbocycles. The van der Waals surface area contributed by atoms with E-state index in [0.29, 0.717) is 19.0 Å². The number of rotatable bonds is 9. The number of nitrogens with zero attached hydrogens (tertiary/aromatic N) is 1. The number of esters is 1. The number of pyridine rings is 1. The van der Waals surface area contributed by atoms with E-state index >= 15 is 0 Å². The van der Waals surface area contributed by atoms with Crippen LogP contribution in [0.1, 0.15) is 45.3 Å². The van der Waals surface area contributed by atoms with Crippen molar-refractivity contribution >= 4 is 11.9 Å². The van der Waals surface area contributed by atoms with Gasteiger partial charge in [0.15, 0.2) is 11.4 Å². The molecule has 0 radical (unpaired) electrons. The second kappa shape index (κ2) is 11.2. The molecule has 0 saturated heterocycles. The molecule has 2 aromatic carbocycles. The minimum absolute atomic E-state index is 0.0158. The predicted octanol–water partition coefficient (Wildman–Crippen LogP) is 3.83. The Kier molecular flexibility index (Phi) is 8.13. The number of carbonyl (C=O) groups excluding carboxylic acids is 2. The van der Waals surface area contributed by atoms with Gasteiger partial charge in [0.1, 0.15) is 23.8 Å². The van der Waals surface area contributed by atoms with Crippen molar-refractivity contribution in [1.29, 1.82) is 0 Å². The van der Waals surface area contributed by atoms with Crippen molar-refractivity contribution in [2.24, 2.45) is 0 Å². The molecule has 1 aromatic heterocycles. The highest BCUT2D eigenvalue weighted by Crippen LogP contribution is 2.19. The highest BCUT2D eigenvalue weighted by molar-refractivity contribution is 5.96. The maximum absolute atomic E-state index is 13.9. The summed E-state index contributed by atoms with van der Waals surface area (Å²) >= 11 is 0. The Labute approximate surface area is 194 Å². The average molecular weight is 470 g/mol. The maximum Gasteiger partial charge on any atom is 0.358 e. The second-order valence-corrected chi connectivity index (χ2v) is 7.43. The quantitative estimate of drug-likeness (QED) is 0.481. The number of nitrogens with one attached hydrogen (secondary N) is 1. The van der Waals surface area contributed by atoms with Crippen molar-refractivity contribution in [3.63, 3.8) is 0 Å². The Morgan fingerprint density at radius 2 is 1.82 bits per heavy atom. The Morgan fingerprint density at radius 1 is 1.09 bits per heavy atom. The van der Waals surface area contributed by atoms with E-state index in [-0.39, 0.29) is 35.7 Å². The van der Waals surface area contributed by atoms with Gasteiger partial charge in [0.05, 0.1) is 7.11 Å². The number of benzene rings is 2. The summed E-state index contributed by atoms with van der Waals surface area (Å²) in [7, 11) is 1.18. The molecule has 0 bridgehead atoms. The van der Waals surface area contributed by atoms with Crippen LogP contribution in [0, 0.1) is 11.6 Å². The molecule has 34 heavy (non-hydrogen) atoms. The van der Waals surface area contributed by atoms with Gasteiger partial charge in [0, 0.05) is 30.9 Å². The van der Waals surface area contributed by atoms with E-state index in [0.717, 1.165) is 11.6 Å². The number of carbonyl (C=O) groups is 2. The molecule has 1 amide bonds. The fraction of sp³-hybridized carbons (Fsp3) is 0.240. The van der Waals surface area contributed by atoms with E-state index in [1.807, 2.05) is 13.0 Å². The Balaban J connectivity index is 1.98. The number of methoxy groups -OCH3 is 1. The number of halogens is 2. The lowest BCUT2D eigenvalue weighted by molar-refractivity contribution is 0.0579. The Morgan fingerprint density at radius 3 is 2.47 bits per heavy atom. The van der Waals surface area contributed by atoms with Gasteiger partial charge in [0.2, 0.25) is 5.43 Å².